The highest BCUT2D eigenvalue weighted by Gasteiger charge is 2.26. The Bertz CT molecular complexity index is 883. The largest absolute Gasteiger partial charge is 0.497 e. The summed E-state index contributed by atoms with van der Waals surface area (Å²) in [4.78, 5) is 4.25. The molecular formula is C17H17N2O4P. The summed E-state index contributed by atoms with van der Waals surface area (Å²) in [5.74, 6) is 6.32. The molecule has 0 saturated heterocycles. The maximum Gasteiger partial charge on any atom is 0.399 e. The van der Waals surface area contributed by atoms with Gasteiger partial charge in [0.25, 0.3) is 0 Å². The zero-order valence-corrected chi connectivity index (χ0v) is 14.0. The standard InChI is InChI=1S/C17H17N2O4P/c1-21-15-5-7-16(8-6-15)22-24(20,23-18)12-13-4-9-17-14(11-13)3-2-10-19-17/h2-11H,12,18H2,1H3. The average molecular weight is 344 g/mol. The topological polar surface area (TPSA) is 83.7 Å². The number of pyridine rings is 1. The van der Waals surface area contributed by atoms with Crippen LogP contribution in [0.3, 0.4) is 0 Å². The average Bonchev–Trinajstić information content (AvgIpc) is 2.62. The molecule has 3 aromatic rings. The highest BCUT2D eigenvalue weighted by molar-refractivity contribution is 7.53. The van der Waals surface area contributed by atoms with Crippen LogP contribution in [0, 0.1) is 0 Å². The van der Waals surface area contributed by atoms with Gasteiger partial charge in [-0.2, -0.15) is 0 Å². The third-order valence-electron chi connectivity index (χ3n) is 3.51. The van der Waals surface area contributed by atoms with Crippen molar-refractivity contribution in [2.45, 2.75) is 6.16 Å². The lowest BCUT2D eigenvalue weighted by Crippen LogP contribution is -2.06. The maximum absolute atomic E-state index is 12.8. The van der Waals surface area contributed by atoms with E-state index in [2.05, 4.69) is 4.98 Å². The van der Waals surface area contributed by atoms with Crippen LogP contribution < -0.4 is 15.2 Å². The summed E-state index contributed by atoms with van der Waals surface area (Å²) in [5, 5.41) is 0.947. The van der Waals surface area contributed by atoms with Gasteiger partial charge in [0.2, 0.25) is 0 Å². The fourth-order valence-electron chi connectivity index (χ4n) is 2.34. The highest BCUT2D eigenvalue weighted by atomic mass is 31.2. The maximum atomic E-state index is 12.8. The minimum absolute atomic E-state index is 0.0559. The van der Waals surface area contributed by atoms with Gasteiger partial charge >= 0.3 is 7.60 Å². The van der Waals surface area contributed by atoms with Gasteiger partial charge in [-0.3, -0.25) is 4.98 Å². The molecule has 2 N–H and O–H groups in total. The van der Waals surface area contributed by atoms with Crippen molar-refractivity contribution >= 4 is 18.5 Å². The van der Waals surface area contributed by atoms with Gasteiger partial charge in [0, 0.05) is 11.6 Å². The number of nitrogens with zero attached hydrogens (tertiary/aromatic N) is 1. The van der Waals surface area contributed by atoms with Crippen LogP contribution in [-0.4, -0.2) is 12.1 Å². The van der Waals surface area contributed by atoms with Crippen molar-refractivity contribution in [3.63, 3.8) is 0 Å². The smallest absolute Gasteiger partial charge is 0.399 e. The van der Waals surface area contributed by atoms with Crippen LogP contribution in [0.1, 0.15) is 5.56 Å². The summed E-state index contributed by atoms with van der Waals surface area (Å²) in [6, 6.07) is 16.1. The number of benzene rings is 2. The van der Waals surface area contributed by atoms with Crippen molar-refractivity contribution in [1.82, 2.24) is 4.98 Å². The molecule has 0 radical (unpaired) electrons. The van der Waals surface area contributed by atoms with Crippen molar-refractivity contribution in [2.24, 2.45) is 5.90 Å². The number of aromatic nitrogens is 1. The molecule has 0 aliphatic rings. The van der Waals surface area contributed by atoms with Crippen molar-refractivity contribution < 1.29 is 18.5 Å². The molecule has 7 heteroatoms. The zero-order chi connectivity index (χ0) is 17.0. The number of hydrogen-bond donors (Lipinski definition) is 1. The molecule has 0 aliphatic heterocycles. The molecule has 1 heterocycles. The van der Waals surface area contributed by atoms with E-state index in [9.17, 15) is 4.57 Å². The third kappa shape index (κ3) is 3.74. The summed E-state index contributed by atoms with van der Waals surface area (Å²) in [7, 11) is -1.96. The van der Waals surface area contributed by atoms with Crippen LogP contribution in [0.15, 0.2) is 60.8 Å². The number of rotatable bonds is 6. The second-order valence-corrected chi connectivity index (χ2v) is 7.10. The Morgan fingerprint density at radius 2 is 1.83 bits per heavy atom. The molecule has 1 unspecified atom stereocenters. The molecule has 0 fully saturated rings. The van der Waals surface area contributed by atoms with E-state index in [0.717, 1.165) is 16.5 Å². The van der Waals surface area contributed by atoms with E-state index in [1.54, 1.807) is 37.6 Å². The Morgan fingerprint density at radius 1 is 1.08 bits per heavy atom. The van der Waals surface area contributed by atoms with E-state index in [0.29, 0.717) is 11.5 Å². The summed E-state index contributed by atoms with van der Waals surface area (Å²) in [5.41, 5.74) is 1.65. The van der Waals surface area contributed by atoms with Crippen molar-refractivity contribution in [3.8, 4) is 11.5 Å². The van der Waals surface area contributed by atoms with Crippen molar-refractivity contribution in [1.29, 1.82) is 0 Å². The van der Waals surface area contributed by atoms with Gasteiger partial charge in [-0.05, 0) is 48.0 Å². The molecular weight excluding hydrogens is 327 g/mol. The lowest BCUT2D eigenvalue weighted by Gasteiger charge is -2.17. The summed E-state index contributed by atoms with van der Waals surface area (Å²) >= 11 is 0. The summed E-state index contributed by atoms with van der Waals surface area (Å²) in [6.07, 6.45) is 1.78. The van der Waals surface area contributed by atoms with Gasteiger partial charge in [-0.1, -0.05) is 12.1 Å². The summed E-state index contributed by atoms with van der Waals surface area (Å²) in [6.45, 7) is 0. The Kier molecular flexibility index (Phi) is 4.81. The fourth-order valence-corrected chi connectivity index (χ4v) is 3.60. The molecule has 0 bridgehead atoms. The van der Waals surface area contributed by atoms with Crippen molar-refractivity contribution in [2.75, 3.05) is 7.11 Å². The van der Waals surface area contributed by atoms with Gasteiger partial charge in [0.15, 0.2) is 0 Å². The van der Waals surface area contributed by atoms with Crippen LogP contribution in [-0.2, 0) is 15.4 Å². The monoisotopic (exact) mass is 344 g/mol. The Balaban J connectivity index is 1.81. The SMILES string of the molecule is COc1ccc(OP(=O)(Cc2ccc3ncccc3c2)ON)cc1. The number of fused-ring (bicyclic) bond motifs is 1. The predicted octanol–water partition coefficient (Wildman–Crippen LogP) is 3.91. The second kappa shape index (κ2) is 7.01. The van der Waals surface area contributed by atoms with Crippen LogP contribution in [0.2, 0.25) is 0 Å². The molecule has 0 saturated carbocycles. The number of methoxy groups -OCH3 is 1. The van der Waals surface area contributed by atoms with Gasteiger partial charge in [0.05, 0.1) is 18.8 Å². The molecule has 6 nitrogen and oxygen atoms in total. The van der Waals surface area contributed by atoms with E-state index < -0.39 is 7.60 Å². The minimum atomic E-state index is -3.53. The number of hydrogen-bond acceptors (Lipinski definition) is 6. The zero-order valence-electron chi connectivity index (χ0n) is 13.1. The molecule has 24 heavy (non-hydrogen) atoms. The van der Waals surface area contributed by atoms with Crippen LogP contribution in [0.4, 0.5) is 0 Å². The molecule has 1 atom stereocenters. The minimum Gasteiger partial charge on any atom is -0.497 e. The molecule has 3 rings (SSSR count). The Labute approximate surface area is 139 Å². The fraction of sp³-hybridized carbons (Fsp3) is 0.118. The van der Waals surface area contributed by atoms with Crippen LogP contribution in [0.25, 0.3) is 10.9 Å². The van der Waals surface area contributed by atoms with Crippen LogP contribution >= 0.6 is 7.60 Å². The Morgan fingerprint density at radius 3 is 2.54 bits per heavy atom. The Hall–Kier alpha value is -2.40. The van der Waals surface area contributed by atoms with E-state index in [-0.39, 0.29) is 6.16 Å². The second-order valence-electron chi connectivity index (χ2n) is 5.17. The van der Waals surface area contributed by atoms with E-state index in [4.69, 9.17) is 19.8 Å². The molecule has 0 aliphatic carbocycles. The first-order valence-corrected chi connectivity index (χ1v) is 8.99. The molecule has 0 amide bonds. The van der Waals surface area contributed by atoms with Crippen molar-refractivity contribution in [3.05, 3.63) is 66.4 Å². The van der Waals surface area contributed by atoms with E-state index >= 15 is 0 Å². The van der Waals surface area contributed by atoms with Gasteiger partial charge in [-0.25, -0.2) is 15.1 Å². The lowest BCUT2D eigenvalue weighted by atomic mass is 10.1. The van der Waals surface area contributed by atoms with Gasteiger partial charge in [-0.15, -0.1) is 0 Å². The number of ether oxygens (including phenoxy) is 1. The first-order chi connectivity index (χ1) is 11.6. The first-order valence-electron chi connectivity index (χ1n) is 7.27. The normalized spacial score (nSPS) is 13.4. The van der Waals surface area contributed by atoms with E-state index in [1.165, 1.54) is 0 Å². The van der Waals surface area contributed by atoms with Gasteiger partial charge < -0.3 is 9.26 Å². The lowest BCUT2D eigenvalue weighted by molar-refractivity contribution is 0.272. The third-order valence-corrected chi connectivity index (χ3v) is 5.07. The molecule has 1 aromatic heterocycles. The van der Waals surface area contributed by atoms with Crippen LogP contribution in [0.5, 0.6) is 11.5 Å². The summed E-state index contributed by atoms with van der Waals surface area (Å²) < 4.78 is 28.1. The number of nitrogens with two attached hydrogens (primary N) is 1. The highest BCUT2D eigenvalue weighted by Crippen LogP contribution is 2.50. The molecule has 2 aromatic carbocycles. The molecule has 124 valence electrons. The quantitative estimate of drug-likeness (QED) is 0.539. The molecule has 0 spiro atoms. The first kappa shape index (κ1) is 16.5. The van der Waals surface area contributed by atoms with Gasteiger partial charge in [0.1, 0.15) is 11.5 Å². The predicted molar refractivity (Wildman–Crippen MR) is 91.9 cm³/mol. The van der Waals surface area contributed by atoms with E-state index in [1.807, 2.05) is 30.3 Å².